The summed E-state index contributed by atoms with van der Waals surface area (Å²) in [5.74, 6) is 0.463. The van der Waals surface area contributed by atoms with Crippen molar-refractivity contribution >= 4 is 34.4 Å². The lowest BCUT2D eigenvalue weighted by atomic mass is 9.70. The van der Waals surface area contributed by atoms with Gasteiger partial charge in [0, 0.05) is 42.8 Å². The summed E-state index contributed by atoms with van der Waals surface area (Å²) in [5.41, 5.74) is 3.82. The highest BCUT2D eigenvalue weighted by Crippen LogP contribution is 2.45. The number of aromatic nitrogens is 2. The molecule has 3 aliphatic rings. The summed E-state index contributed by atoms with van der Waals surface area (Å²) in [6.07, 6.45) is 7.02. The number of likely N-dealkylation sites (tertiary alicyclic amines) is 1. The number of hydrogen-bond acceptors (Lipinski definition) is 4. The van der Waals surface area contributed by atoms with Crippen LogP contribution in [0.1, 0.15) is 96.9 Å². The molecule has 0 radical (unpaired) electrons. The van der Waals surface area contributed by atoms with Crippen molar-refractivity contribution in [2.24, 2.45) is 0 Å². The van der Waals surface area contributed by atoms with Crippen molar-refractivity contribution in [3.63, 3.8) is 0 Å². The standard InChI is InChI=1S/C39H45ClFN5O2/c1-25(2)42-37(47)27-11-14-34(40)33(21-27)38(48)44-18-15-39(16-19-44,28-7-6-8-29(41)22-28)17-20-45-30-12-13-31(45)24-32(23-30)46-26(3)43-35-9-4-5-10-36(35)46/h4-11,14,21-22,25,30-32H,12-13,15-20,23-24H2,1-3H3,(H,42,47)/t30-,31+,32?. The van der Waals surface area contributed by atoms with Crippen molar-refractivity contribution in [1.29, 1.82) is 0 Å². The molecule has 2 bridgehead atoms. The van der Waals surface area contributed by atoms with Crippen LogP contribution in [0.15, 0.2) is 66.7 Å². The minimum Gasteiger partial charge on any atom is -0.350 e. The third-order valence-electron chi connectivity index (χ3n) is 11.2. The largest absolute Gasteiger partial charge is 0.350 e. The summed E-state index contributed by atoms with van der Waals surface area (Å²) in [6.45, 7) is 7.95. The van der Waals surface area contributed by atoms with Crippen LogP contribution in [0.4, 0.5) is 4.39 Å². The lowest BCUT2D eigenvalue weighted by Gasteiger charge is -2.45. The predicted octanol–water partition coefficient (Wildman–Crippen LogP) is 7.71. The van der Waals surface area contributed by atoms with Gasteiger partial charge in [0.15, 0.2) is 0 Å². The molecule has 7 rings (SSSR count). The number of rotatable bonds is 8. The second-order valence-corrected chi connectivity index (χ2v) is 14.8. The van der Waals surface area contributed by atoms with Crippen LogP contribution in [0.5, 0.6) is 0 Å². The zero-order chi connectivity index (χ0) is 33.6. The molecule has 1 N–H and O–H groups in total. The number of nitrogens with zero attached hydrogens (tertiary/aromatic N) is 4. The first-order chi connectivity index (χ1) is 23.1. The summed E-state index contributed by atoms with van der Waals surface area (Å²) < 4.78 is 17.1. The molecule has 3 atom stereocenters. The van der Waals surface area contributed by atoms with E-state index < -0.39 is 0 Å². The van der Waals surface area contributed by atoms with E-state index in [1.165, 1.54) is 24.4 Å². The molecule has 3 aromatic carbocycles. The average molecular weight is 670 g/mol. The molecule has 2 amide bonds. The monoisotopic (exact) mass is 669 g/mol. The van der Waals surface area contributed by atoms with Crippen molar-refractivity contribution in [2.75, 3.05) is 19.6 Å². The molecule has 7 nitrogen and oxygen atoms in total. The van der Waals surface area contributed by atoms with Crippen molar-refractivity contribution in [3.8, 4) is 0 Å². The van der Waals surface area contributed by atoms with E-state index in [0.717, 1.165) is 55.6 Å². The SMILES string of the molecule is Cc1nc2ccccc2n1C1C[C@H]2CC[C@@H](C1)N2CCC1(c2cccc(F)c2)CCN(C(=O)c2cc(C(=O)NC(C)C)ccc2Cl)CC1. The number of fused-ring (bicyclic) bond motifs is 3. The predicted molar refractivity (Wildman–Crippen MR) is 188 cm³/mol. The number of benzene rings is 3. The highest BCUT2D eigenvalue weighted by atomic mass is 35.5. The van der Waals surface area contributed by atoms with Crippen LogP contribution in [0.3, 0.4) is 0 Å². The first-order valence-corrected chi connectivity index (χ1v) is 17.8. The summed E-state index contributed by atoms with van der Waals surface area (Å²) in [7, 11) is 0. The highest BCUT2D eigenvalue weighted by molar-refractivity contribution is 6.34. The van der Waals surface area contributed by atoms with Gasteiger partial charge in [-0.1, -0.05) is 35.9 Å². The Morgan fingerprint density at radius 2 is 1.71 bits per heavy atom. The molecule has 3 fully saturated rings. The van der Waals surface area contributed by atoms with E-state index in [-0.39, 0.29) is 29.1 Å². The fraction of sp³-hybridized carbons (Fsp3) is 0.462. The van der Waals surface area contributed by atoms with Crippen LogP contribution in [-0.2, 0) is 5.41 Å². The Morgan fingerprint density at radius 1 is 0.979 bits per heavy atom. The summed E-state index contributed by atoms with van der Waals surface area (Å²) in [4.78, 5) is 35.9. The van der Waals surface area contributed by atoms with E-state index in [4.69, 9.17) is 16.6 Å². The van der Waals surface area contributed by atoms with Gasteiger partial charge in [0.05, 0.1) is 21.6 Å². The minimum atomic E-state index is -0.241. The molecule has 0 aliphatic carbocycles. The number of amides is 2. The lowest BCUT2D eigenvalue weighted by Crippen LogP contribution is -2.49. The van der Waals surface area contributed by atoms with Gasteiger partial charge in [0.2, 0.25) is 0 Å². The maximum absolute atomic E-state index is 14.7. The third kappa shape index (κ3) is 6.25. The number of carbonyl (C=O) groups is 2. The number of carbonyl (C=O) groups excluding carboxylic acids is 2. The van der Waals surface area contributed by atoms with E-state index in [2.05, 4.69) is 52.0 Å². The molecule has 3 saturated heterocycles. The number of halogens is 2. The Bertz CT molecular complexity index is 1820. The summed E-state index contributed by atoms with van der Waals surface area (Å²) in [6, 6.07) is 21.9. The molecule has 252 valence electrons. The van der Waals surface area contributed by atoms with Crippen LogP contribution < -0.4 is 5.32 Å². The minimum absolute atomic E-state index is 0.0202. The maximum atomic E-state index is 14.7. The fourth-order valence-electron chi connectivity index (χ4n) is 8.78. The molecule has 4 heterocycles. The Hall–Kier alpha value is -3.75. The first kappa shape index (κ1) is 32.8. The molecular formula is C39H45ClFN5O2. The average Bonchev–Trinajstić information content (AvgIpc) is 3.53. The Balaban J connectivity index is 1.07. The second-order valence-electron chi connectivity index (χ2n) is 14.4. The van der Waals surface area contributed by atoms with E-state index >= 15 is 0 Å². The summed E-state index contributed by atoms with van der Waals surface area (Å²) >= 11 is 6.51. The van der Waals surface area contributed by atoms with Crippen molar-refractivity contribution in [2.45, 2.75) is 95.3 Å². The Morgan fingerprint density at radius 3 is 2.42 bits per heavy atom. The van der Waals surface area contributed by atoms with Gasteiger partial charge in [-0.15, -0.1) is 0 Å². The maximum Gasteiger partial charge on any atom is 0.255 e. The topological polar surface area (TPSA) is 70.5 Å². The quantitative estimate of drug-likeness (QED) is 0.209. The van der Waals surface area contributed by atoms with Crippen molar-refractivity contribution in [3.05, 3.63) is 100 Å². The van der Waals surface area contributed by atoms with E-state index in [9.17, 15) is 14.0 Å². The van der Waals surface area contributed by atoms with Gasteiger partial charge in [-0.25, -0.2) is 9.37 Å². The van der Waals surface area contributed by atoms with Gasteiger partial charge in [-0.2, -0.15) is 0 Å². The van der Waals surface area contributed by atoms with Gasteiger partial charge < -0.3 is 14.8 Å². The van der Waals surface area contributed by atoms with Crippen molar-refractivity contribution in [1.82, 2.24) is 24.7 Å². The molecule has 4 aromatic rings. The normalized spacial score (nSPS) is 22.4. The molecule has 48 heavy (non-hydrogen) atoms. The first-order valence-electron chi connectivity index (χ1n) is 17.5. The third-order valence-corrected chi connectivity index (χ3v) is 11.5. The zero-order valence-corrected chi connectivity index (χ0v) is 28.8. The molecule has 3 aliphatic heterocycles. The van der Waals surface area contributed by atoms with Crippen LogP contribution in [0.25, 0.3) is 11.0 Å². The van der Waals surface area contributed by atoms with E-state index in [1.54, 1.807) is 24.3 Å². The molecule has 1 unspecified atom stereocenters. The van der Waals surface area contributed by atoms with Crippen LogP contribution in [0, 0.1) is 12.7 Å². The van der Waals surface area contributed by atoms with Gasteiger partial charge in [-0.05, 0) is 126 Å². The zero-order valence-electron chi connectivity index (χ0n) is 28.1. The number of imidazole rings is 1. The number of hydrogen-bond donors (Lipinski definition) is 1. The van der Waals surface area contributed by atoms with Gasteiger partial charge >= 0.3 is 0 Å². The van der Waals surface area contributed by atoms with E-state index in [0.29, 0.717) is 47.4 Å². The number of para-hydroxylation sites is 2. The van der Waals surface area contributed by atoms with Crippen molar-refractivity contribution < 1.29 is 14.0 Å². The molecule has 9 heteroatoms. The lowest BCUT2D eigenvalue weighted by molar-refractivity contribution is 0.0606. The van der Waals surface area contributed by atoms with Gasteiger partial charge in [0.25, 0.3) is 11.8 Å². The van der Waals surface area contributed by atoms with Crippen LogP contribution in [0.2, 0.25) is 5.02 Å². The number of piperidine rings is 2. The highest BCUT2D eigenvalue weighted by Gasteiger charge is 2.44. The summed E-state index contributed by atoms with van der Waals surface area (Å²) in [5, 5.41) is 3.22. The number of nitrogens with one attached hydrogen (secondary N) is 1. The van der Waals surface area contributed by atoms with Gasteiger partial charge in [-0.3, -0.25) is 14.5 Å². The van der Waals surface area contributed by atoms with Crippen LogP contribution >= 0.6 is 11.6 Å². The Labute approximate surface area is 287 Å². The molecule has 1 aromatic heterocycles. The van der Waals surface area contributed by atoms with E-state index in [1.807, 2.05) is 24.8 Å². The number of aryl methyl sites for hydroxylation is 1. The molecule has 0 spiro atoms. The smallest absolute Gasteiger partial charge is 0.255 e. The molecular weight excluding hydrogens is 625 g/mol. The van der Waals surface area contributed by atoms with Crippen LogP contribution in [-0.4, -0.2) is 68.9 Å². The van der Waals surface area contributed by atoms with Gasteiger partial charge in [0.1, 0.15) is 11.6 Å². The second kappa shape index (κ2) is 13.3. The Kier molecular flexibility index (Phi) is 9.07. The molecule has 0 saturated carbocycles. The fourth-order valence-corrected chi connectivity index (χ4v) is 8.97.